The van der Waals surface area contributed by atoms with E-state index >= 15 is 0 Å². The largest absolute Gasteiger partial charge is 0.345 e. The number of amidine groups is 1. The molecule has 8 rings (SSSR count). The van der Waals surface area contributed by atoms with Gasteiger partial charge in [-0.05, 0) is 74.4 Å². The Hall–Kier alpha value is -6.10. The van der Waals surface area contributed by atoms with E-state index in [1.54, 1.807) is 24.0 Å². The van der Waals surface area contributed by atoms with Gasteiger partial charge >= 0.3 is 0 Å². The van der Waals surface area contributed by atoms with E-state index in [-0.39, 0.29) is 17.7 Å². The molecule has 3 N–H and O–H groups in total. The van der Waals surface area contributed by atoms with Crippen molar-refractivity contribution in [3.8, 4) is 22.4 Å². The minimum Gasteiger partial charge on any atom is -0.345 e. The number of nitrogens with zero attached hydrogens (tertiary/aromatic N) is 5. The number of fused-ring (bicyclic) bond motifs is 3. The highest BCUT2D eigenvalue weighted by molar-refractivity contribution is 6.07. The molecule has 51 heavy (non-hydrogen) atoms. The van der Waals surface area contributed by atoms with Crippen molar-refractivity contribution in [1.29, 1.82) is 0 Å². The van der Waals surface area contributed by atoms with Crippen molar-refractivity contribution in [3.63, 3.8) is 0 Å². The minimum atomic E-state index is -0.779. The minimum absolute atomic E-state index is 0.159. The maximum Gasteiger partial charge on any atom is 0.252 e. The lowest BCUT2D eigenvalue weighted by Gasteiger charge is -2.44. The maximum absolute atomic E-state index is 13.9. The predicted octanol–water partition coefficient (Wildman–Crippen LogP) is 5.14. The fraction of sp³-hybridized carbons (Fsp3) is 0.250. The lowest BCUT2D eigenvalue weighted by atomic mass is 9.71. The number of pyridine rings is 2. The van der Waals surface area contributed by atoms with Gasteiger partial charge < -0.3 is 15.5 Å². The van der Waals surface area contributed by atoms with Crippen molar-refractivity contribution < 1.29 is 14.4 Å². The zero-order valence-corrected chi connectivity index (χ0v) is 28.3. The summed E-state index contributed by atoms with van der Waals surface area (Å²) < 4.78 is 0. The topological polar surface area (TPSA) is 132 Å². The van der Waals surface area contributed by atoms with Gasteiger partial charge in [-0.15, -0.1) is 0 Å². The molecule has 2 atom stereocenters. The number of nitrogens with one attached hydrogen (secondary N) is 3. The van der Waals surface area contributed by atoms with E-state index in [0.717, 1.165) is 70.7 Å². The number of benzene rings is 2. The molecule has 1 saturated carbocycles. The number of likely N-dealkylation sites (tertiary alicyclic amines) is 1. The number of amides is 3. The Morgan fingerprint density at radius 1 is 0.961 bits per heavy atom. The molecular formula is C40H38N8O3. The van der Waals surface area contributed by atoms with Gasteiger partial charge in [-0.25, -0.2) is 4.98 Å². The molecule has 0 radical (unpaired) electrons. The summed E-state index contributed by atoms with van der Waals surface area (Å²) in [6, 6.07) is 22.5. The van der Waals surface area contributed by atoms with Crippen molar-refractivity contribution in [1.82, 2.24) is 35.8 Å². The lowest BCUT2D eigenvalue weighted by molar-refractivity contribution is -0.140. The first-order valence-corrected chi connectivity index (χ1v) is 17.4. The van der Waals surface area contributed by atoms with E-state index in [4.69, 9.17) is 4.98 Å². The average molecular weight is 679 g/mol. The SMILES string of the molecule is C=C1NN=C2c3cc(-c4ccccc4)c(-c4ccc(C5(NC(=O)[C@@H]6CCCN6C(=O)[C@@H](C)NC(=O)c6ccncc6)CCC5)cc4)nc3C=CN12. The van der Waals surface area contributed by atoms with Gasteiger partial charge in [0.05, 0.1) is 16.9 Å². The standard InChI is InChI=1S/C40H38N8O3/c1-25(42-37(49)29-15-20-41-21-16-29)39(51)48-22-6-10-34(48)38(50)44-40(18-7-19-40)30-13-11-28(12-14-30)35-31(27-8-4-3-5-9-27)24-32-33(43-35)17-23-47-26(2)45-46-36(32)47/h3-5,8-9,11-17,20-21,23-25,34,45H,2,6-7,10,18-19,22H2,1H3,(H,42,49)(H,44,50)/t25-,34+/m1/s1. The van der Waals surface area contributed by atoms with E-state index in [9.17, 15) is 14.4 Å². The van der Waals surface area contributed by atoms with E-state index in [1.165, 1.54) is 12.4 Å². The number of hydrogen-bond acceptors (Lipinski definition) is 8. The first-order valence-electron chi connectivity index (χ1n) is 17.4. The fourth-order valence-corrected chi connectivity index (χ4v) is 7.42. The van der Waals surface area contributed by atoms with Gasteiger partial charge in [0, 0.05) is 47.4 Å². The third kappa shape index (κ3) is 5.84. The maximum atomic E-state index is 13.9. The van der Waals surface area contributed by atoms with Crippen LogP contribution in [0.4, 0.5) is 0 Å². The lowest BCUT2D eigenvalue weighted by Crippen LogP contribution is -2.58. The van der Waals surface area contributed by atoms with Crippen molar-refractivity contribution >= 4 is 29.6 Å². The van der Waals surface area contributed by atoms with Crippen LogP contribution >= 0.6 is 0 Å². The molecule has 4 aromatic rings. The van der Waals surface area contributed by atoms with Crippen molar-refractivity contribution in [3.05, 3.63) is 126 Å². The Morgan fingerprint density at radius 3 is 2.45 bits per heavy atom. The number of carbonyl (C=O) groups is 3. The average Bonchev–Trinajstić information content (AvgIpc) is 3.80. The highest BCUT2D eigenvalue weighted by Crippen LogP contribution is 2.43. The van der Waals surface area contributed by atoms with Gasteiger partial charge in [-0.3, -0.25) is 29.7 Å². The van der Waals surface area contributed by atoms with Crippen LogP contribution in [-0.2, 0) is 15.1 Å². The number of carbonyl (C=O) groups excluding carboxylic acids is 3. The Kier molecular flexibility index (Phi) is 8.18. The van der Waals surface area contributed by atoms with Gasteiger partial charge in [-0.2, -0.15) is 5.10 Å². The zero-order chi connectivity index (χ0) is 35.1. The molecule has 11 nitrogen and oxygen atoms in total. The predicted molar refractivity (Wildman–Crippen MR) is 194 cm³/mol. The van der Waals surface area contributed by atoms with Crippen molar-refractivity contribution in [2.45, 2.75) is 56.7 Å². The van der Waals surface area contributed by atoms with Crippen LogP contribution in [0.5, 0.6) is 0 Å². The number of hydrazone groups is 1. The third-order valence-corrected chi connectivity index (χ3v) is 10.3. The first-order chi connectivity index (χ1) is 24.8. The van der Waals surface area contributed by atoms with Gasteiger partial charge in [0.15, 0.2) is 5.84 Å². The molecule has 0 unspecified atom stereocenters. The second-order valence-corrected chi connectivity index (χ2v) is 13.5. The van der Waals surface area contributed by atoms with E-state index in [2.05, 4.69) is 75.2 Å². The van der Waals surface area contributed by atoms with Gasteiger partial charge in [-0.1, -0.05) is 61.2 Å². The summed E-state index contributed by atoms with van der Waals surface area (Å²) in [4.78, 5) is 52.7. The summed E-state index contributed by atoms with van der Waals surface area (Å²) in [6.45, 7) is 6.17. The summed E-state index contributed by atoms with van der Waals surface area (Å²) in [5, 5.41) is 10.6. The summed E-state index contributed by atoms with van der Waals surface area (Å²) in [5.41, 5.74) is 9.50. The van der Waals surface area contributed by atoms with Gasteiger partial charge in [0.2, 0.25) is 11.8 Å². The molecule has 2 aromatic heterocycles. The number of rotatable bonds is 8. The van der Waals surface area contributed by atoms with E-state index in [0.29, 0.717) is 24.4 Å². The zero-order valence-electron chi connectivity index (χ0n) is 28.3. The molecule has 1 aliphatic carbocycles. The molecule has 1 saturated heterocycles. The molecule has 5 heterocycles. The molecule has 0 spiro atoms. The molecule has 0 bridgehead atoms. The second-order valence-electron chi connectivity index (χ2n) is 13.5. The smallest absolute Gasteiger partial charge is 0.252 e. The summed E-state index contributed by atoms with van der Waals surface area (Å²) in [5.74, 6) is 0.674. The molecule has 11 heteroatoms. The Morgan fingerprint density at radius 2 is 1.73 bits per heavy atom. The molecule has 4 aliphatic rings. The summed E-state index contributed by atoms with van der Waals surface area (Å²) in [6.07, 6.45) is 10.9. The van der Waals surface area contributed by atoms with Crippen LogP contribution in [0.15, 0.2) is 109 Å². The Bertz CT molecular complexity index is 2090. The molecule has 2 aromatic carbocycles. The van der Waals surface area contributed by atoms with Crippen LogP contribution in [0.2, 0.25) is 0 Å². The van der Waals surface area contributed by atoms with Crippen LogP contribution in [-0.4, -0.2) is 62.0 Å². The molecule has 2 fully saturated rings. The molecular weight excluding hydrogens is 640 g/mol. The van der Waals surface area contributed by atoms with Crippen LogP contribution in [0.3, 0.4) is 0 Å². The number of hydrogen-bond donors (Lipinski definition) is 3. The highest BCUT2D eigenvalue weighted by Gasteiger charge is 2.44. The number of aromatic nitrogens is 2. The summed E-state index contributed by atoms with van der Waals surface area (Å²) >= 11 is 0. The fourth-order valence-electron chi connectivity index (χ4n) is 7.42. The quantitative estimate of drug-likeness (QED) is 0.235. The molecule has 256 valence electrons. The Labute approximate surface area is 296 Å². The van der Waals surface area contributed by atoms with Crippen LogP contribution < -0.4 is 16.1 Å². The van der Waals surface area contributed by atoms with E-state index in [1.807, 2.05) is 35.4 Å². The van der Waals surface area contributed by atoms with Gasteiger partial charge in [0.1, 0.15) is 17.9 Å². The summed E-state index contributed by atoms with van der Waals surface area (Å²) in [7, 11) is 0. The van der Waals surface area contributed by atoms with Crippen molar-refractivity contribution in [2.75, 3.05) is 6.54 Å². The Balaban J connectivity index is 1.02. The van der Waals surface area contributed by atoms with E-state index < -0.39 is 17.6 Å². The van der Waals surface area contributed by atoms with Crippen LogP contribution in [0.1, 0.15) is 66.2 Å². The first kappa shape index (κ1) is 32.1. The highest BCUT2D eigenvalue weighted by atomic mass is 16.2. The molecule has 3 amide bonds. The third-order valence-electron chi connectivity index (χ3n) is 10.3. The monoisotopic (exact) mass is 678 g/mol. The molecule has 3 aliphatic heterocycles. The van der Waals surface area contributed by atoms with Crippen LogP contribution in [0.25, 0.3) is 28.5 Å². The van der Waals surface area contributed by atoms with Crippen molar-refractivity contribution in [2.24, 2.45) is 5.10 Å². The van der Waals surface area contributed by atoms with Crippen LogP contribution in [0, 0.1) is 0 Å². The van der Waals surface area contributed by atoms with Gasteiger partial charge in [0.25, 0.3) is 5.91 Å². The second kappa shape index (κ2) is 13.0. The normalized spacial score (nSPS) is 18.9.